The molecular formula is C15H17ClN2O3. The number of rotatable bonds is 5. The van der Waals surface area contributed by atoms with Crippen molar-refractivity contribution in [2.75, 3.05) is 20.2 Å². The Morgan fingerprint density at radius 3 is 2.76 bits per heavy atom. The van der Waals surface area contributed by atoms with Crippen molar-refractivity contribution in [1.82, 2.24) is 10.6 Å². The van der Waals surface area contributed by atoms with Gasteiger partial charge in [-0.05, 0) is 18.2 Å². The van der Waals surface area contributed by atoms with Crippen molar-refractivity contribution >= 4 is 23.4 Å². The maximum absolute atomic E-state index is 11.9. The van der Waals surface area contributed by atoms with E-state index < -0.39 is 0 Å². The van der Waals surface area contributed by atoms with E-state index in [4.69, 9.17) is 16.7 Å². The number of aliphatic hydroxyl groups excluding tert-OH is 1. The molecule has 0 atom stereocenters. The van der Waals surface area contributed by atoms with Gasteiger partial charge in [-0.15, -0.1) is 0 Å². The van der Waals surface area contributed by atoms with Gasteiger partial charge >= 0.3 is 0 Å². The van der Waals surface area contributed by atoms with Gasteiger partial charge in [0, 0.05) is 37.6 Å². The SMILES string of the molecule is CNC(=O)CCNC(=O)c1ccc(C#CCCO)c(Cl)c1. The molecule has 0 bridgehead atoms. The molecule has 0 heterocycles. The molecular weight excluding hydrogens is 292 g/mol. The maximum atomic E-state index is 11.9. The molecule has 2 amide bonds. The van der Waals surface area contributed by atoms with Gasteiger partial charge in [-0.25, -0.2) is 0 Å². The van der Waals surface area contributed by atoms with Gasteiger partial charge in [-0.3, -0.25) is 9.59 Å². The van der Waals surface area contributed by atoms with Crippen LogP contribution in [0.2, 0.25) is 5.02 Å². The minimum Gasteiger partial charge on any atom is -0.395 e. The maximum Gasteiger partial charge on any atom is 0.251 e. The average Bonchev–Trinajstić information content (AvgIpc) is 2.48. The van der Waals surface area contributed by atoms with Gasteiger partial charge < -0.3 is 15.7 Å². The molecule has 0 saturated carbocycles. The first kappa shape index (κ1) is 17.0. The molecule has 1 aromatic rings. The third kappa shape index (κ3) is 5.86. The molecule has 0 aromatic heterocycles. The van der Waals surface area contributed by atoms with Crippen LogP contribution in [0.5, 0.6) is 0 Å². The van der Waals surface area contributed by atoms with Crippen molar-refractivity contribution in [3.8, 4) is 11.8 Å². The molecule has 0 saturated heterocycles. The second-order valence-corrected chi connectivity index (χ2v) is 4.56. The molecule has 0 spiro atoms. The topological polar surface area (TPSA) is 78.4 Å². The number of hydrogen-bond donors (Lipinski definition) is 3. The fourth-order valence-electron chi connectivity index (χ4n) is 1.49. The molecule has 0 aliphatic rings. The summed E-state index contributed by atoms with van der Waals surface area (Å²) >= 11 is 6.05. The Morgan fingerprint density at radius 1 is 1.38 bits per heavy atom. The minimum atomic E-state index is -0.296. The average molecular weight is 309 g/mol. The van der Waals surface area contributed by atoms with Crippen molar-refractivity contribution < 1.29 is 14.7 Å². The van der Waals surface area contributed by atoms with Crippen LogP contribution in [0, 0.1) is 11.8 Å². The number of hydrogen-bond acceptors (Lipinski definition) is 3. The second-order valence-electron chi connectivity index (χ2n) is 4.15. The first-order chi connectivity index (χ1) is 10.1. The first-order valence-electron chi connectivity index (χ1n) is 6.46. The van der Waals surface area contributed by atoms with Crippen LogP contribution in [0.25, 0.3) is 0 Å². The van der Waals surface area contributed by atoms with Crippen LogP contribution in [-0.4, -0.2) is 37.1 Å². The third-order valence-corrected chi connectivity index (χ3v) is 2.92. The lowest BCUT2D eigenvalue weighted by Crippen LogP contribution is -2.29. The highest BCUT2D eigenvalue weighted by Gasteiger charge is 2.08. The summed E-state index contributed by atoms with van der Waals surface area (Å²) in [7, 11) is 1.54. The Morgan fingerprint density at radius 2 is 2.14 bits per heavy atom. The highest BCUT2D eigenvalue weighted by Crippen LogP contribution is 2.17. The van der Waals surface area contributed by atoms with Gasteiger partial charge in [0.2, 0.25) is 5.91 Å². The summed E-state index contributed by atoms with van der Waals surface area (Å²) < 4.78 is 0. The van der Waals surface area contributed by atoms with E-state index in [0.717, 1.165) is 0 Å². The van der Waals surface area contributed by atoms with Crippen molar-refractivity contribution in [1.29, 1.82) is 0 Å². The summed E-state index contributed by atoms with van der Waals surface area (Å²) in [4.78, 5) is 22.9. The quantitative estimate of drug-likeness (QED) is 0.708. The highest BCUT2D eigenvalue weighted by molar-refractivity contribution is 6.32. The van der Waals surface area contributed by atoms with E-state index in [0.29, 0.717) is 22.6 Å². The van der Waals surface area contributed by atoms with Gasteiger partial charge in [0.05, 0.1) is 11.6 Å². The van der Waals surface area contributed by atoms with E-state index >= 15 is 0 Å². The van der Waals surface area contributed by atoms with E-state index in [-0.39, 0.29) is 31.4 Å². The van der Waals surface area contributed by atoms with Crippen molar-refractivity contribution in [2.24, 2.45) is 0 Å². The lowest BCUT2D eigenvalue weighted by molar-refractivity contribution is -0.120. The van der Waals surface area contributed by atoms with E-state index in [1.807, 2.05) is 0 Å². The van der Waals surface area contributed by atoms with E-state index in [9.17, 15) is 9.59 Å². The predicted octanol–water partition coefficient (Wildman–Crippen LogP) is 0.940. The predicted molar refractivity (Wildman–Crippen MR) is 81.0 cm³/mol. The summed E-state index contributed by atoms with van der Waals surface area (Å²) in [6.07, 6.45) is 0.596. The molecule has 1 aromatic carbocycles. The van der Waals surface area contributed by atoms with E-state index in [1.165, 1.54) is 6.07 Å². The normalized spacial score (nSPS) is 9.48. The number of amides is 2. The largest absolute Gasteiger partial charge is 0.395 e. The van der Waals surface area contributed by atoms with Crippen LogP contribution >= 0.6 is 11.6 Å². The highest BCUT2D eigenvalue weighted by atomic mass is 35.5. The van der Waals surface area contributed by atoms with Gasteiger partial charge in [-0.1, -0.05) is 23.4 Å². The zero-order chi connectivity index (χ0) is 15.7. The molecule has 0 aliphatic heterocycles. The van der Waals surface area contributed by atoms with Crippen molar-refractivity contribution in [3.63, 3.8) is 0 Å². The van der Waals surface area contributed by atoms with Gasteiger partial charge in [-0.2, -0.15) is 0 Å². The zero-order valence-electron chi connectivity index (χ0n) is 11.7. The van der Waals surface area contributed by atoms with Gasteiger partial charge in [0.25, 0.3) is 5.91 Å². The van der Waals surface area contributed by atoms with Gasteiger partial charge in [0.15, 0.2) is 0 Å². The number of carbonyl (C=O) groups excluding carboxylic acids is 2. The van der Waals surface area contributed by atoms with Gasteiger partial charge in [0.1, 0.15) is 0 Å². The van der Waals surface area contributed by atoms with Crippen LogP contribution in [-0.2, 0) is 4.79 Å². The Bertz CT molecular complexity index is 576. The van der Waals surface area contributed by atoms with E-state index in [1.54, 1.807) is 19.2 Å². The number of aliphatic hydroxyl groups is 1. The Hall–Kier alpha value is -2.03. The summed E-state index contributed by atoms with van der Waals surface area (Å²) in [6, 6.07) is 4.80. The number of nitrogens with one attached hydrogen (secondary N) is 2. The van der Waals surface area contributed by atoms with Crippen LogP contribution < -0.4 is 10.6 Å². The molecule has 5 nitrogen and oxygen atoms in total. The Labute approximate surface area is 128 Å². The van der Waals surface area contributed by atoms with Crippen molar-refractivity contribution in [2.45, 2.75) is 12.8 Å². The number of carbonyl (C=O) groups is 2. The minimum absolute atomic E-state index is 0.00353. The second kappa shape index (κ2) is 9.01. The van der Waals surface area contributed by atoms with Crippen LogP contribution in [0.1, 0.15) is 28.8 Å². The Balaban J connectivity index is 2.64. The van der Waals surface area contributed by atoms with Crippen molar-refractivity contribution in [3.05, 3.63) is 34.3 Å². The lowest BCUT2D eigenvalue weighted by atomic mass is 10.1. The Kier molecular flexibility index (Phi) is 7.30. The molecule has 3 N–H and O–H groups in total. The monoisotopic (exact) mass is 308 g/mol. The number of halogens is 1. The molecule has 0 unspecified atom stereocenters. The first-order valence-corrected chi connectivity index (χ1v) is 6.84. The smallest absolute Gasteiger partial charge is 0.251 e. The lowest BCUT2D eigenvalue weighted by Gasteiger charge is -2.06. The fourth-order valence-corrected chi connectivity index (χ4v) is 1.72. The molecule has 0 fully saturated rings. The van der Waals surface area contributed by atoms with Crippen LogP contribution in [0.4, 0.5) is 0 Å². The van der Waals surface area contributed by atoms with Crippen LogP contribution in [0.3, 0.4) is 0 Å². The van der Waals surface area contributed by atoms with E-state index in [2.05, 4.69) is 22.5 Å². The summed E-state index contributed by atoms with van der Waals surface area (Å²) in [6.45, 7) is 0.255. The molecule has 112 valence electrons. The summed E-state index contributed by atoms with van der Waals surface area (Å²) in [5, 5.41) is 14.1. The molecule has 21 heavy (non-hydrogen) atoms. The molecule has 1 rings (SSSR count). The number of benzene rings is 1. The summed E-state index contributed by atoms with van der Waals surface area (Å²) in [5.41, 5.74) is 1.01. The zero-order valence-corrected chi connectivity index (χ0v) is 12.5. The van der Waals surface area contributed by atoms with Crippen LogP contribution in [0.15, 0.2) is 18.2 Å². The third-order valence-electron chi connectivity index (χ3n) is 2.61. The molecule has 0 aliphatic carbocycles. The molecule has 6 heteroatoms. The summed E-state index contributed by atoms with van der Waals surface area (Å²) in [5.74, 6) is 5.15. The fraction of sp³-hybridized carbons (Fsp3) is 0.333. The standard InChI is InChI=1S/C15H17ClN2O3/c1-17-14(20)7-8-18-15(21)12-6-5-11(13(16)10-12)4-2-3-9-19/h5-6,10,19H,3,7-9H2,1H3,(H,17,20)(H,18,21). The molecule has 0 radical (unpaired) electrons.